The number of aryl methyl sites for hydroxylation is 2. The Morgan fingerprint density at radius 3 is 2.00 bits per heavy atom. The average molecular weight is 341 g/mol. The second kappa shape index (κ2) is 6.32. The van der Waals surface area contributed by atoms with Crippen LogP contribution in [0, 0.1) is 13.8 Å². The Labute approximate surface area is 124 Å². The van der Waals surface area contributed by atoms with E-state index in [1.54, 1.807) is 20.8 Å². The summed E-state index contributed by atoms with van der Waals surface area (Å²) in [4.78, 5) is 0.00250. The van der Waals surface area contributed by atoms with Crippen molar-refractivity contribution in [3.8, 4) is 5.75 Å². The summed E-state index contributed by atoms with van der Waals surface area (Å²) in [7, 11) is -1.59. The van der Waals surface area contributed by atoms with Gasteiger partial charge in [0, 0.05) is 16.4 Å². The van der Waals surface area contributed by atoms with Gasteiger partial charge >= 0.3 is 0 Å². The highest BCUT2D eigenvalue weighted by Gasteiger charge is 2.15. The lowest BCUT2D eigenvalue weighted by molar-refractivity contribution is 0.336. The van der Waals surface area contributed by atoms with Crippen molar-refractivity contribution in [2.75, 3.05) is 18.1 Å². The second-order valence-electron chi connectivity index (χ2n) is 4.41. The van der Waals surface area contributed by atoms with Gasteiger partial charge in [-0.3, -0.25) is 0 Å². The molecular weight excluding hydrogens is 324 g/mol. The topological polar surface area (TPSA) is 77.5 Å². The van der Waals surface area contributed by atoms with E-state index in [0.29, 0.717) is 16.9 Å². The number of rotatable bonds is 6. The molecule has 0 spiro atoms. The first-order valence-corrected chi connectivity index (χ1v) is 10.1. The normalized spacial score (nSPS) is 12.4. The van der Waals surface area contributed by atoms with E-state index >= 15 is 0 Å². The smallest absolute Gasteiger partial charge is 0.261 e. The number of ether oxygens (including phenoxy) is 1. The van der Waals surface area contributed by atoms with Crippen LogP contribution in [0.15, 0.2) is 17.0 Å². The van der Waals surface area contributed by atoms with Crippen molar-refractivity contribution in [3.63, 3.8) is 0 Å². The van der Waals surface area contributed by atoms with Gasteiger partial charge < -0.3 is 4.74 Å². The van der Waals surface area contributed by atoms with Gasteiger partial charge in [-0.1, -0.05) is 6.92 Å². The average Bonchev–Trinajstić information content (AvgIpc) is 2.31. The minimum Gasteiger partial charge on any atom is -0.492 e. The van der Waals surface area contributed by atoms with Crippen LogP contribution in [0.2, 0.25) is 0 Å². The molecule has 8 heteroatoms. The third-order valence-corrected chi connectivity index (χ3v) is 5.80. The van der Waals surface area contributed by atoms with Crippen LogP contribution in [0.4, 0.5) is 0 Å². The van der Waals surface area contributed by atoms with Crippen LogP contribution < -0.4 is 4.74 Å². The third-order valence-electron chi connectivity index (χ3n) is 2.80. The molecule has 0 heterocycles. The van der Waals surface area contributed by atoms with E-state index in [-0.39, 0.29) is 23.0 Å². The van der Waals surface area contributed by atoms with E-state index in [0.717, 1.165) is 0 Å². The standard InChI is InChI=1S/C12H17ClO5S2/c1-4-19(14,15)6-5-18-12-9(2)7-11(8-10(12)3)20(13,16)17/h7-8H,4-6H2,1-3H3. The summed E-state index contributed by atoms with van der Waals surface area (Å²) >= 11 is 0. The Balaban J connectivity index is 2.93. The molecule has 0 fully saturated rings. The molecule has 0 bridgehead atoms. The Morgan fingerprint density at radius 1 is 1.10 bits per heavy atom. The summed E-state index contributed by atoms with van der Waals surface area (Å²) in [5.74, 6) is 0.482. The molecule has 1 aromatic carbocycles. The molecule has 5 nitrogen and oxygen atoms in total. The largest absolute Gasteiger partial charge is 0.492 e. The van der Waals surface area contributed by atoms with Crippen molar-refractivity contribution in [2.24, 2.45) is 0 Å². The van der Waals surface area contributed by atoms with Crippen molar-refractivity contribution in [3.05, 3.63) is 23.3 Å². The molecule has 1 aromatic rings. The van der Waals surface area contributed by atoms with Gasteiger partial charge in [-0.25, -0.2) is 16.8 Å². The van der Waals surface area contributed by atoms with Crippen LogP contribution in [-0.4, -0.2) is 34.9 Å². The Morgan fingerprint density at radius 2 is 1.60 bits per heavy atom. The third kappa shape index (κ3) is 4.64. The van der Waals surface area contributed by atoms with Gasteiger partial charge in [0.15, 0.2) is 9.84 Å². The van der Waals surface area contributed by atoms with Gasteiger partial charge in [0.05, 0.1) is 10.6 Å². The highest BCUT2D eigenvalue weighted by atomic mass is 35.7. The van der Waals surface area contributed by atoms with Crippen LogP contribution >= 0.6 is 10.7 Å². The maximum absolute atomic E-state index is 11.4. The lowest BCUT2D eigenvalue weighted by atomic mass is 10.1. The SMILES string of the molecule is CCS(=O)(=O)CCOc1c(C)cc(S(=O)(=O)Cl)cc1C. The van der Waals surface area contributed by atoms with Crippen LogP contribution in [0.1, 0.15) is 18.1 Å². The van der Waals surface area contributed by atoms with Gasteiger partial charge in [0.2, 0.25) is 0 Å². The zero-order valence-electron chi connectivity index (χ0n) is 11.5. The molecular formula is C12H17ClO5S2. The summed E-state index contributed by atoms with van der Waals surface area (Å²) in [5, 5.41) is 0. The highest BCUT2D eigenvalue weighted by Crippen LogP contribution is 2.28. The minimum absolute atomic E-state index is 0.00250. The molecule has 0 N–H and O–H groups in total. The molecule has 0 aromatic heterocycles. The van der Waals surface area contributed by atoms with Crippen LogP contribution in [0.3, 0.4) is 0 Å². The van der Waals surface area contributed by atoms with Crippen molar-refractivity contribution in [2.45, 2.75) is 25.7 Å². The number of halogens is 1. The maximum atomic E-state index is 11.4. The molecule has 0 unspecified atom stereocenters. The highest BCUT2D eigenvalue weighted by molar-refractivity contribution is 8.13. The van der Waals surface area contributed by atoms with E-state index in [2.05, 4.69) is 0 Å². The van der Waals surface area contributed by atoms with Gasteiger partial charge in [-0.05, 0) is 37.1 Å². The number of sulfone groups is 1. The molecule has 0 aliphatic carbocycles. The molecule has 0 aliphatic rings. The van der Waals surface area contributed by atoms with Gasteiger partial charge in [-0.15, -0.1) is 0 Å². The van der Waals surface area contributed by atoms with E-state index in [1.165, 1.54) is 12.1 Å². The number of hydrogen-bond donors (Lipinski definition) is 0. The van der Waals surface area contributed by atoms with Gasteiger partial charge in [0.1, 0.15) is 12.4 Å². The maximum Gasteiger partial charge on any atom is 0.261 e. The van der Waals surface area contributed by atoms with E-state index in [1.807, 2.05) is 0 Å². The first kappa shape index (κ1) is 17.3. The number of hydrogen-bond acceptors (Lipinski definition) is 5. The summed E-state index contributed by atoms with van der Waals surface area (Å²) in [6.07, 6.45) is 0. The summed E-state index contributed by atoms with van der Waals surface area (Å²) < 4.78 is 50.7. The molecule has 0 aliphatic heterocycles. The Kier molecular flexibility index (Phi) is 5.46. The molecule has 1 rings (SSSR count). The fourth-order valence-electron chi connectivity index (χ4n) is 1.69. The molecule has 0 saturated carbocycles. The van der Waals surface area contributed by atoms with Crippen LogP contribution in [0.5, 0.6) is 5.75 Å². The monoisotopic (exact) mass is 340 g/mol. The van der Waals surface area contributed by atoms with Gasteiger partial charge in [0.25, 0.3) is 9.05 Å². The molecule has 20 heavy (non-hydrogen) atoms. The quantitative estimate of drug-likeness (QED) is 0.740. The Bertz CT molecular complexity index is 670. The fraction of sp³-hybridized carbons (Fsp3) is 0.500. The van der Waals surface area contributed by atoms with Crippen molar-refractivity contribution in [1.82, 2.24) is 0 Å². The van der Waals surface area contributed by atoms with Crippen molar-refractivity contribution < 1.29 is 21.6 Å². The van der Waals surface area contributed by atoms with E-state index in [4.69, 9.17) is 15.4 Å². The Hall–Kier alpha value is -0.790. The van der Waals surface area contributed by atoms with E-state index in [9.17, 15) is 16.8 Å². The first-order chi connectivity index (χ1) is 9.07. The summed E-state index contributed by atoms with van der Waals surface area (Å²) in [5.41, 5.74) is 1.19. The zero-order chi connectivity index (χ0) is 15.6. The van der Waals surface area contributed by atoms with Gasteiger partial charge in [-0.2, -0.15) is 0 Å². The predicted octanol–water partition coefficient (Wildman–Crippen LogP) is 2.04. The van der Waals surface area contributed by atoms with Crippen molar-refractivity contribution >= 4 is 29.6 Å². The molecule has 0 atom stereocenters. The van der Waals surface area contributed by atoms with Crippen LogP contribution in [0.25, 0.3) is 0 Å². The minimum atomic E-state index is -3.79. The predicted molar refractivity (Wildman–Crippen MR) is 78.8 cm³/mol. The second-order valence-corrected chi connectivity index (χ2v) is 9.45. The molecule has 0 radical (unpaired) electrons. The van der Waals surface area contributed by atoms with Crippen molar-refractivity contribution in [1.29, 1.82) is 0 Å². The number of benzene rings is 1. The summed E-state index contributed by atoms with van der Waals surface area (Å²) in [6, 6.07) is 2.80. The fourth-order valence-corrected chi connectivity index (χ4v) is 3.22. The summed E-state index contributed by atoms with van der Waals surface area (Å²) in [6.45, 7) is 4.97. The molecule has 0 amide bonds. The first-order valence-electron chi connectivity index (χ1n) is 5.96. The molecule has 0 saturated heterocycles. The lowest BCUT2D eigenvalue weighted by Gasteiger charge is -2.13. The zero-order valence-corrected chi connectivity index (χ0v) is 13.9. The molecule has 114 valence electrons. The van der Waals surface area contributed by atoms with E-state index < -0.39 is 18.9 Å². The lowest BCUT2D eigenvalue weighted by Crippen LogP contribution is -2.16. The van der Waals surface area contributed by atoms with Crippen LogP contribution in [-0.2, 0) is 18.9 Å².